The lowest BCUT2D eigenvalue weighted by atomic mass is 9.92. The number of amides is 1. The molecule has 7 nitrogen and oxygen atoms in total. The van der Waals surface area contributed by atoms with E-state index in [9.17, 15) is 14.9 Å². The number of rotatable bonds is 3. The van der Waals surface area contributed by atoms with E-state index in [4.69, 9.17) is 5.73 Å². The van der Waals surface area contributed by atoms with Crippen molar-refractivity contribution < 1.29 is 9.72 Å². The van der Waals surface area contributed by atoms with Gasteiger partial charge in [0, 0.05) is 12.6 Å². The quantitative estimate of drug-likeness (QED) is 0.650. The zero-order chi connectivity index (χ0) is 14.0. The minimum Gasteiger partial charge on any atom is -0.368 e. The Balaban J connectivity index is 2.23. The average Bonchev–Trinajstić information content (AvgIpc) is 2.38. The number of carbonyl (C=O) groups excluding carboxylic acids is 1. The van der Waals surface area contributed by atoms with Crippen LogP contribution in [0.5, 0.6) is 0 Å². The molecule has 19 heavy (non-hydrogen) atoms. The van der Waals surface area contributed by atoms with Crippen LogP contribution in [0.25, 0.3) is 0 Å². The average molecular weight is 264 g/mol. The van der Waals surface area contributed by atoms with Gasteiger partial charge in [0.2, 0.25) is 5.91 Å². The number of anilines is 1. The molecule has 7 heteroatoms. The van der Waals surface area contributed by atoms with Gasteiger partial charge in [-0.15, -0.1) is 0 Å². The van der Waals surface area contributed by atoms with Crippen LogP contribution in [-0.2, 0) is 4.79 Å². The third-order valence-corrected chi connectivity index (χ3v) is 3.43. The SMILES string of the molecule is CC1CCN(c2ccc([N+](=O)[O-])cn2)C(C(N)=O)C1. The summed E-state index contributed by atoms with van der Waals surface area (Å²) in [6.07, 6.45) is 2.84. The summed E-state index contributed by atoms with van der Waals surface area (Å²) in [6.45, 7) is 2.76. The van der Waals surface area contributed by atoms with E-state index in [0.717, 1.165) is 6.42 Å². The van der Waals surface area contributed by atoms with Crippen LogP contribution in [0.2, 0.25) is 0 Å². The molecule has 0 spiro atoms. The molecule has 1 fully saturated rings. The molecule has 2 unspecified atom stereocenters. The van der Waals surface area contributed by atoms with Crippen molar-refractivity contribution in [2.24, 2.45) is 11.7 Å². The van der Waals surface area contributed by atoms with Gasteiger partial charge in [0.05, 0.1) is 4.92 Å². The smallest absolute Gasteiger partial charge is 0.287 e. The van der Waals surface area contributed by atoms with Crippen molar-refractivity contribution in [2.45, 2.75) is 25.8 Å². The summed E-state index contributed by atoms with van der Waals surface area (Å²) in [6, 6.07) is 2.56. The summed E-state index contributed by atoms with van der Waals surface area (Å²) < 4.78 is 0. The zero-order valence-electron chi connectivity index (χ0n) is 10.7. The molecule has 1 aromatic rings. The van der Waals surface area contributed by atoms with E-state index in [1.54, 1.807) is 6.07 Å². The van der Waals surface area contributed by atoms with Gasteiger partial charge in [-0.3, -0.25) is 14.9 Å². The Morgan fingerprint density at radius 2 is 2.32 bits per heavy atom. The van der Waals surface area contributed by atoms with E-state index in [1.165, 1.54) is 12.3 Å². The lowest BCUT2D eigenvalue weighted by Gasteiger charge is -2.37. The van der Waals surface area contributed by atoms with E-state index in [0.29, 0.717) is 24.7 Å². The Morgan fingerprint density at radius 1 is 1.58 bits per heavy atom. The van der Waals surface area contributed by atoms with Crippen LogP contribution >= 0.6 is 0 Å². The van der Waals surface area contributed by atoms with E-state index in [-0.39, 0.29) is 11.6 Å². The first-order chi connectivity index (χ1) is 8.99. The van der Waals surface area contributed by atoms with Crippen molar-refractivity contribution in [1.29, 1.82) is 0 Å². The number of hydrogen-bond donors (Lipinski definition) is 1. The fourth-order valence-electron chi connectivity index (χ4n) is 2.34. The number of nitro groups is 1. The first-order valence-electron chi connectivity index (χ1n) is 6.15. The van der Waals surface area contributed by atoms with Crippen LogP contribution in [-0.4, -0.2) is 28.4 Å². The third kappa shape index (κ3) is 2.81. The molecule has 1 aromatic heterocycles. The van der Waals surface area contributed by atoms with Gasteiger partial charge in [0.25, 0.3) is 5.69 Å². The van der Waals surface area contributed by atoms with E-state index < -0.39 is 11.0 Å². The molecule has 0 radical (unpaired) electrons. The number of nitrogens with two attached hydrogens (primary N) is 1. The van der Waals surface area contributed by atoms with Crippen molar-refractivity contribution in [1.82, 2.24) is 4.98 Å². The number of primary amides is 1. The number of pyridine rings is 1. The molecule has 2 heterocycles. The van der Waals surface area contributed by atoms with Gasteiger partial charge in [-0.25, -0.2) is 4.98 Å². The Labute approximate surface area is 110 Å². The summed E-state index contributed by atoms with van der Waals surface area (Å²) in [4.78, 5) is 27.5. The highest BCUT2D eigenvalue weighted by molar-refractivity contribution is 5.83. The second-order valence-electron chi connectivity index (χ2n) is 4.87. The summed E-state index contributed by atoms with van der Waals surface area (Å²) >= 11 is 0. The number of piperidine rings is 1. The topological polar surface area (TPSA) is 102 Å². The minimum atomic E-state index is -0.499. The third-order valence-electron chi connectivity index (χ3n) is 3.43. The van der Waals surface area contributed by atoms with E-state index >= 15 is 0 Å². The highest BCUT2D eigenvalue weighted by Crippen LogP contribution is 2.27. The van der Waals surface area contributed by atoms with Crippen molar-refractivity contribution in [3.05, 3.63) is 28.4 Å². The molecule has 1 aliphatic heterocycles. The standard InChI is InChI=1S/C12H16N4O3/c1-8-4-5-15(10(6-8)12(13)17)11-3-2-9(7-14-11)16(18)19/h2-3,7-8,10H,4-6H2,1H3,(H2,13,17). The van der Waals surface area contributed by atoms with Crippen molar-refractivity contribution in [2.75, 3.05) is 11.4 Å². The Bertz CT molecular complexity index is 488. The van der Waals surface area contributed by atoms with E-state index in [1.807, 2.05) is 4.90 Å². The van der Waals surface area contributed by atoms with Crippen LogP contribution in [0.3, 0.4) is 0 Å². The molecule has 0 aliphatic carbocycles. The molecule has 1 amide bonds. The molecule has 2 N–H and O–H groups in total. The summed E-state index contributed by atoms with van der Waals surface area (Å²) in [7, 11) is 0. The normalized spacial score (nSPS) is 23.1. The fraction of sp³-hybridized carbons (Fsp3) is 0.500. The molecule has 102 valence electrons. The maximum absolute atomic E-state index is 11.5. The fourth-order valence-corrected chi connectivity index (χ4v) is 2.34. The van der Waals surface area contributed by atoms with Gasteiger partial charge in [-0.1, -0.05) is 6.92 Å². The monoisotopic (exact) mass is 264 g/mol. The Hall–Kier alpha value is -2.18. The van der Waals surface area contributed by atoms with Gasteiger partial charge in [0.1, 0.15) is 18.1 Å². The lowest BCUT2D eigenvalue weighted by Crippen LogP contribution is -2.50. The first-order valence-corrected chi connectivity index (χ1v) is 6.15. The largest absolute Gasteiger partial charge is 0.368 e. The molecule has 2 atom stereocenters. The van der Waals surface area contributed by atoms with Crippen molar-refractivity contribution >= 4 is 17.4 Å². The number of hydrogen-bond acceptors (Lipinski definition) is 5. The van der Waals surface area contributed by atoms with Crippen LogP contribution in [0.1, 0.15) is 19.8 Å². The van der Waals surface area contributed by atoms with Gasteiger partial charge in [-0.2, -0.15) is 0 Å². The van der Waals surface area contributed by atoms with Gasteiger partial charge in [-0.05, 0) is 24.8 Å². The molecular formula is C12H16N4O3. The Kier molecular flexibility index (Phi) is 3.64. The minimum absolute atomic E-state index is 0.0650. The molecule has 2 rings (SSSR count). The molecular weight excluding hydrogens is 248 g/mol. The first kappa shape index (κ1) is 13.3. The van der Waals surface area contributed by atoms with E-state index in [2.05, 4.69) is 11.9 Å². The highest BCUT2D eigenvalue weighted by atomic mass is 16.6. The van der Waals surface area contributed by atoms with Crippen molar-refractivity contribution in [3.63, 3.8) is 0 Å². The second kappa shape index (κ2) is 5.21. The van der Waals surface area contributed by atoms with Crippen LogP contribution in [0.4, 0.5) is 11.5 Å². The van der Waals surface area contributed by atoms with Gasteiger partial charge >= 0.3 is 0 Å². The van der Waals surface area contributed by atoms with Gasteiger partial charge in [0.15, 0.2) is 0 Å². The maximum Gasteiger partial charge on any atom is 0.287 e. The molecule has 1 saturated heterocycles. The molecule has 1 aliphatic rings. The second-order valence-corrected chi connectivity index (χ2v) is 4.87. The predicted molar refractivity (Wildman–Crippen MR) is 69.6 cm³/mol. The predicted octanol–water partition coefficient (Wildman–Crippen LogP) is 1.08. The summed E-state index contributed by atoms with van der Waals surface area (Å²) in [5.74, 6) is 0.611. The van der Waals surface area contributed by atoms with Crippen LogP contribution in [0, 0.1) is 16.0 Å². The Morgan fingerprint density at radius 3 is 2.84 bits per heavy atom. The maximum atomic E-state index is 11.5. The molecule has 0 aromatic carbocycles. The summed E-state index contributed by atoms with van der Waals surface area (Å²) in [5, 5.41) is 10.6. The highest BCUT2D eigenvalue weighted by Gasteiger charge is 2.31. The van der Waals surface area contributed by atoms with Crippen molar-refractivity contribution in [3.8, 4) is 0 Å². The summed E-state index contributed by atoms with van der Waals surface area (Å²) in [5.41, 5.74) is 5.35. The van der Waals surface area contributed by atoms with Crippen LogP contribution in [0.15, 0.2) is 18.3 Å². The van der Waals surface area contributed by atoms with Crippen LogP contribution < -0.4 is 10.6 Å². The number of aromatic nitrogens is 1. The number of carbonyl (C=O) groups is 1. The zero-order valence-corrected chi connectivity index (χ0v) is 10.7. The molecule has 0 bridgehead atoms. The molecule has 0 saturated carbocycles. The number of nitrogens with zero attached hydrogens (tertiary/aromatic N) is 3. The lowest BCUT2D eigenvalue weighted by molar-refractivity contribution is -0.385. The van der Waals surface area contributed by atoms with Gasteiger partial charge < -0.3 is 10.6 Å².